The van der Waals surface area contributed by atoms with Crippen LogP contribution in [-0.2, 0) is 12.0 Å². The number of aliphatic imine (C=N–C) groups is 1. The number of aromatic nitrogens is 1. The predicted octanol–water partition coefficient (Wildman–Crippen LogP) is 3.21. The van der Waals surface area contributed by atoms with Gasteiger partial charge in [-0.2, -0.15) is 0 Å². The standard InChI is InChI=1S/C16H22N4O/c1-11-5-7-12(8-6-11)20-15(17)19-10-14-18-9-13(21-14)16(2,3)4/h5-9H,10H2,1-4H3,(H3,17,19,20). The van der Waals surface area contributed by atoms with Crippen molar-refractivity contribution in [1.82, 2.24) is 4.98 Å². The lowest BCUT2D eigenvalue weighted by Gasteiger charge is -2.12. The lowest BCUT2D eigenvalue weighted by atomic mass is 9.94. The van der Waals surface area contributed by atoms with E-state index in [1.165, 1.54) is 5.56 Å². The Morgan fingerprint density at radius 3 is 2.52 bits per heavy atom. The van der Waals surface area contributed by atoms with Crippen molar-refractivity contribution in [2.45, 2.75) is 39.7 Å². The van der Waals surface area contributed by atoms with Gasteiger partial charge in [-0.1, -0.05) is 38.5 Å². The molecule has 0 aliphatic rings. The Kier molecular flexibility index (Phi) is 4.31. The SMILES string of the molecule is Cc1ccc(NC(N)=NCc2ncc(C(C)(C)C)o2)cc1. The van der Waals surface area contributed by atoms with Gasteiger partial charge in [-0.25, -0.2) is 9.98 Å². The molecule has 2 rings (SSSR count). The van der Waals surface area contributed by atoms with Crippen LogP contribution in [0.3, 0.4) is 0 Å². The second-order valence-corrected chi connectivity index (χ2v) is 6.06. The molecule has 1 aromatic carbocycles. The molecule has 1 aromatic heterocycles. The molecule has 5 heteroatoms. The fourth-order valence-electron chi connectivity index (χ4n) is 1.71. The van der Waals surface area contributed by atoms with Crippen molar-refractivity contribution in [3.05, 3.63) is 47.7 Å². The number of aryl methyl sites for hydroxylation is 1. The summed E-state index contributed by atoms with van der Waals surface area (Å²) >= 11 is 0. The summed E-state index contributed by atoms with van der Waals surface area (Å²) < 4.78 is 5.66. The molecule has 0 fully saturated rings. The van der Waals surface area contributed by atoms with Crippen molar-refractivity contribution < 1.29 is 4.42 Å². The molecule has 1 heterocycles. The third-order valence-electron chi connectivity index (χ3n) is 3.00. The third kappa shape index (κ3) is 4.34. The molecule has 0 aliphatic heterocycles. The summed E-state index contributed by atoms with van der Waals surface area (Å²) in [4.78, 5) is 8.45. The maximum atomic E-state index is 5.85. The van der Waals surface area contributed by atoms with Crippen LogP contribution in [0.1, 0.15) is 38.0 Å². The number of anilines is 1. The van der Waals surface area contributed by atoms with Crippen LogP contribution in [0.5, 0.6) is 0 Å². The Balaban J connectivity index is 1.97. The van der Waals surface area contributed by atoms with Gasteiger partial charge in [0.2, 0.25) is 5.89 Å². The number of hydrogen-bond donors (Lipinski definition) is 2. The van der Waals surface area contributed by atoms with Crippen LogP contribution in [-0.4, -0.2) is 10.9 Å². The van der Waals surface area contributed by atoms with Crippen molar-refractivity contribution in [3.63, 3.8) is 0 Å². The maximum absolute atomic E-state index is 5.85. The third-order valence-corrected chi connectivity index (χ3v) is 3.00. The summed E-state index contributed by atoms with van der Waals surface area (Å²) in [6, 6.07) is 7.94. The minimum absolute atomic E-state index is 0.0549. The van der Waals surface area contributed by atoms with E-state index in [1.54, 1.807) is 6.20 Å². The summed E-state index contributed by atoms with van der Waals surface area (Å²) in [5.41, 5.74) is 7.91. The second kappa shape index (κ2) is 5.99. The number of hydrogen-bond acceptors (Lipinski definition) is 3. The number of guanidine groups is 1. The van der Waals surface area contributed by atoms with Crippen molar-refractivity contribution in [3.8, 4) is 0 Å². The van der Waals surface area contributed by atoms with Gasteiger partial charge in [0.25, 0.3) is 0 Å². The van der Waals surface area contributed by atoms with Gasteiger partial charge in [0.1, 0.15) is 12.3 Å². The van der Waals surface area contributed by atoms with Crippen LogP contribution in [0.4, 0.5) is 5.69 Å². The highest BCUT2D eigenvalue weighted by atomic mass is 16.4. The summed E-state index contributed by atoms with van der Waals surface area (Å²) in [5, 5.41) is 3.03. The first-order chi connectivity index (χ1) is 9.84. The highest BCUT2D eigenvalue weighted by Gasteiger charge is 2.18. The van der Waals surface area contributed by atoms with Crippen LogP contribution in [0.25, 0.3) is 0 Å². The van der Waals surface area contributed by atoms with Gasteiger partial charge in [-0.3, -0.25) is 0 Å². The molecule has 0 radical (unpaired) electrons. The number of oxazole rings is 1. The van der Waals surface area contributed by atoms with Crippen LogP contribution < -0.4 is 11.1 Å². The second-order valence-electron chi connectivity index (χ2n) is 6.06. The predicted molar refractivity (Wildman–Crippen MR) is 85.3 cm³/mol. The molecule has 3 N–H and O–H groups in total. The lowest BCUT2D eigenvalue weighted by Crippen LogP contribution is -2.22. The zero-order valence-corrected chi connectivity index (χ0v) is 13.0. The minimum Gasteiger partial charge on any atom is -0.443 e. The van der Waals surface area contributed by atoms with Crippen molar-refractivity contribution >= 4 is 11.6 Å². The molecular weight excluding hydrogens is 264 g/mol. The molecule has 0 amide bonds. The molecule has 0 unspecified atom stereocenters. The monoisotopic (exact) mass is 286 g/mol. The number of nitrogens with one attached hydrogen (secondary N) is 1. The molecule has 5 nitrogen and oxygen atoms in total. The van der Waals surface area contributed by atoms with E-state index in [0.29, 0.717) is 18.4 Å². The highest BCUT2D eigenvalue weighted by molar-refractivity contribution is 5.92. The molecule has 112 valence electrons. The number of benzene rings is 1. The van der Waals surface area contributed by atoms with Gasteiger partial charge >= 0.3 is 0 Å². The smallest absolute Gasteiger partial charge is 0.216 e. The zero-order chi connectivity index (χ0) is 15.5. The average Bonchev–Trinajstić information content (AvgIpc) is 2.88. The van der Waals surface area contributed by atoms with Gasteiger partial charge in [0.15, 0.2) is 5.96 Å². The van der Waals surface area contributed by atoms with Gasteiger partial charge in [0, 0.05) is 11.1 Å². The summed E-state index contributed by atoms with van der Waals surface area (Å²) in [6.07, 6.45) is 1.74. The number of rotatable bonds is 3. The number of nitrogens with two attached hydrogens (primary N) is 1. The first-order valence-corrected chi connectivity index (χ1v) is 6.93. The fourth-order valence-corrected chi connectivity index (χ4v) is 1.71. The molecule has 0 atom stereocenters. The Morgan fingerprint density at radius 2 is 1.95 bits per heavy atom. The molecule has 0 spiro atoms. The molecule has 0 bridgehead atoms. The first-order valence-electron chi connectivity index (χ1n) is 6.93. The Morgan fingerprint density at radius 1 is 1.29 bits per heavy atom. The van der Waals surface area contributed by atoms with Crippen molar-refractivity contribution in [2.75, 3.05) is 5.32 Å². The largest absolute Gasteiger partial charge is 0.443 e. The van der Waals surface area contributed by atoms with E-state index < -0.39 is 0 Å². The fraction of sp³-hybridized carbons (Fsp3) is 0.375. The molecular formula is C16H22N4O. The molecule has 2 aromatic rings. The first kappa shape index (κ1) is 15.1. The normalized spacial score (nSPS) is 12.5. The zero-order valence-electron chi connectivity index (χ0n) is 13.0. The Bertz CT molecular complexity index is 620. The average molecular weight is 286 g/mol. The van der Waals surface area contributed by atoms with E-state index in [-0.39, 0.29) is 5.41 Å². The van der Waals surface area contributed by atoms with E-state index in [2.05, 4.69) is 36.1 Å². The van der Waals surface area contributed by atoms with Gasteiger partial charge < -0.3 is 15.5 Å². The number of nitrogens with zero attached hydrogens (tertiary/aromatic N) is 2. The van der Waals surface area contributed by atoms with Crippen molar-refractivity contribution in [2.24, 2.45) is 10.7 Å². The van der Waals surface area contributed by atoms with Crippen LogP contribution in [0.15, 0.2) is 39.9 Å². The van der Waals surface area contributed by atoms with Gasteiger partial charge in [-0.15, -0.1) is 0 Å². The lowest BCUT2D eigenvalue weighted by molar-refractivity contribution is 0.383. The highest BCUT2D eigenvalue weighted by Crippen LogP contribution is 2.22. The van der Waals surface area contributed by atoms with E-state index in [4.69, 9.17) is 10.2 Å². The summed E-state index contributed by atoms with van der Waals surface area (Å²) in [6.45, 7) is 8.59. The van der Waals surface area contributed by atoms with Crippen LogP contribution in [0, 0.1) is 6.92 Å². The molecule has 0 saturated heterocycles. The quantitative estimate of drug-likeness (QED) is 0.671. The van der Waals surface area contributed by atoms with E-state index >= 15 is 0 Å². The van der Waals surface area contributed by atoms with Gasteiger partial charge in [0.05, 0.1) is 6.20 Å². The van der Waals surface area contributed by atoms with E-state index in [1.807, 2.05) is 31.2 Å². The maximum Gasteiger partial charge on any atom is 0.216 e. The Labute approximate surface area is 125 Å². The van der Waals surface area contributed by atoms with Gasteiger partial charge in [-0.05, 0) is 19.1 Å². The minimum atomic E-state index is -0.0549. The van der Waals surface area contributed by atoms with Crippen molar-refractivity contribution in [1.29, 1.82) is 0 Å². The molecule has 21 heavy (non-hydrogen) atoms. The summed E-state index contributed by atoms with van der Waals surface area (Å²) in [5.74, 6) is 1.75. The Hall–Kier alpha value is -2.30. The molecule has 0 aliphatic carbocycles. The molecule has 0 saturated carbocycles. The van der Waals surface area contributed by atoms with E-state index in [0.717, 1.165) is 11.4 Å². The summed E-state index contributed by atoms with van der Waals surface area (Å²) in [7, 11) is 0. The van der Waals surface area contributed by atoms with Crippen LogP contribution in [0.2, 0.25) is 0 Å². The van der Waals surface area contributed by atoms with E-state index in [9.17, 15) is 0 Å². The van der Waals surface area contributed by atoms with Crippen LogP contribution >= 0.6 is 0 Å². The topological polar surface area (TPSA) is 76.4 Å².